The number of ether oxygens (including phenoxy) is 4. The van der Waals surface area contributed by atoms with Gasteiger partial charge in [-0.3, -0.25) is 29.0 Å². The van der Waals surface area contributed by atoms with Gasteiger partial charge in [0.05, 0.1) is 43.8 Å². The van der Waals surface area contributed by atoms with E-state index in [2.05, 4.69) is 15.0 Å². The van der Waals surface area contributed by atoms with Crippen LogP contribution in [0.5, 0.6) is 0 Å². The summed E-state index contributed by atoms with van der Waals surface area (Å²) >= 11 is 0. The van der Waals surface area contributed by atoms with E-state index in [9.17, 15) is 28.8 Å². The molecule has 2 aliphatic heterocycles. The first kappa shape index (κ1) is 32.7. The number of H-pyrrole nitrogens is 1. The van der Waals surface area contributed by atoms with Crippen LogP contribution in [0.25, 0.3) is 22.6 Å². The molecule has 43 heavy (non-hydrogen) atoms. The molecule has 3 unspecified atom stereocenters. The predicted octanol–water partition coefficient (Wildman–Crippen LogP) is -3.69. The number of carbonyl (C=O) groups excluding carboxylic acids is 4. The fourth-order valence-electron chi connectivity index (χ4n) is 4.08. The van der Waals surface area contributed by atoms with Crippen LogP contribution in [0.2, 0.25) is 0 Å². The Balaban J connectivity index is 2.29. The summed E-state index contributed by atoms with van der Waals surface area (Å²) in [6.07, 6.45) is -4.87. The lowest BCUT2D eigenvalue weighted by molar-refractivity contribution is -0.191. The van der Waals surface area contributed by atoms with Crippen molar-refractivity contribution in [3.05, 3.63) is 44.1 Å². The lowest BCUT2D eigenvalue weighted by Gasteiger charge is -2.33. The molecular formula is C25H32N8O10. The van der Waals surface area contributed by atoms with E-state index in [4.69, 9.17) is 41.9 Å². The van der Waals surface area contributed by atoms with Gasteiger partial charge in [-0.1, -0.05) is 0 Å². The topological polar surface area (TPSA) is 290 Å². The highest BCUT2D eigenvalue weighted by Crippen LogP contribution is 2.26. The van der Waals surface area contributed by atoms with E-state index in [0.717, 1.165) is 11.1 Å². The number of fused-ring (bicyclic) bond motifs is 2. The number of aromatic nitrogens is 4. The lowest BCUT2D eigenvalue weighted by Crippen LogP contribution is -2.51. The van der Waals surface area contributed by atoms with Crippen molar-refractivity contribution in [1.29, 1.82) is 0 Å². The van der Waals surface area contributed by atoms with Crippen molar-refractivity contribution < 1.29 is 38.1 Å². The van der Waals surface area contributed by atoms with Gasteiger partial charge in [-0.25, -0.2) is 9.78 Å². The van der Waals surface area contributed by atoms with E-state index in [0.29, 0.717) is 11.0 Å². The number of hydrogen-bond acceptors (Lipinski definition) is 16. The maximum atomic E-state index is 12.7. The van der Waals surface area contributed by atoms with Gasteiger partial charge in [0.25, 0.3) is 5.56 Å². The lowest BCUT2D eigenvalue weighted by atomic mass is 10.1. The molecule has 0 spiro atoms. The maximum Gasteiger partial charge on any atom is 0.349 e. The molecule has 18 nitrogen and oxygen atoms in total. The zero-order chi connectivity index (χ0) is 31.8. The molecule has 0 amide bonds. The molecule has 2 aliphatic rings. The fourth-order valence-corrected chi connectivity index (χ4v) is 4.08. The van der Waals surface area contributed by atoms with Crippen LogP contribution >= 0.6 is 0 Å². The summed E-state index contributed by atoms with van der Waals surface area (Å²) < 4.78 is 22.7. The smallest absolute Gasteiger partial charge is 0.349 e. The molecule has 0 bridgehead atoms. The van der Waals surface area contributed by atoms with Gasteiger partial charge in [-0.05, 0) is 37.1 Å². The molecule has 3 atom stereocenters. The van der Waals surface area contributed by atoms with Crippen molar-refractivity contribution in [2.24, 2.45) is 22.9 Å². The summed E-state index contributed by atoms with van der Waals surface area (Å²) in [6.45, 7) is 0.0507. The molecule has 18 heteroatoms. The number of nitrogens with one attached hydrogen (secondary N) is 1. The Kier molecular flexibility index (Phi) is 11.0. The first-order valence-corrected chi connectivity index (χ1v) is 12.9. The molecule has 0 radical (unpaired) electrons. The molecule has 0 saturated carbocycles. The summed E-state index contributed by atoms with van der Waals surface area (Å²) in [6, 6.07) is 3.39. The number of hydrogen-bond donors (Lipinski definition) is 5. The van der Waals surface area contributed by atoms with Crippen molar-refractivity contribution in [3.8, 4) is 11.5 Å². The Hall–Kier alpha value is -4.78. The van der Waals surface area contributed by atoms with E-state index >= 15 is 0 Å². The average Bonchev–Trinajstić information content (AvgIpc) is 2.98. The Labute approximate surface area is 242 Å². The highest BCUT2D eigenvalue weighted by molar-refractivity contribution is 5.81. The maximum absolute atomic E-state index is 12.7. The van der Waals surface area contributed by atoms with Crippen molar-refractivity contribution in [2.45, 2.75) is 38.7 Å². The van der Waals surface area contributed by atoms with Crippen LogP contribution in [-0.2, 0) is 44.7 Å². The molecular weight excluding hydrogens is 572 g/mol. The molecule has 2 heterocycles. The van der Waals surface area contributed by atoms with Gasteiger partial charge >= 0.3 is 29.6 Å². The van der Waals surface area contributed by atoms with Crippen molar-refractivity contribution >= 4 is 34.9 Å². The predicted molar refractivity (Wildman–Crippen MR) is 147 cm³/mol. The summed E-state index contributed by atoms with van der Waals surface area (Å²) in [5.41, 5.74) is 21.9. The summed E-state index contributed by atoms with van der Waals surface area (Å²) in [5, 5.41) is 0. The van der Waals surface area contributed by atoms with Crippen LogP contribution in [0.4, 0.5) is 0 Å². The molecule has 1 aromatic rings. The van der Waals surface area contributed by atoms with Crippen molar-refractivity contribution in [1.82, 2.24) is 19.5 Å². The molecule has 9 N–H and O–H groups in total. The third-order valence-electron chi connectivity index (χ3n) is 6.23. The second-order valence-corrected chi connectivity index (χ2v) is 9.20. The molecule has 0 saturated heterocycles. The standard InChI is InChI=1S/C25H32N8O10/c1-11-3-13-14(4-12(11)2)33(23-21(30-13)24(38)32-25(39)31-23)9-15(41-18(35)6-27)22(43-20(37)8-29)16(42-19(36)7-28)10-40-17(34)5-26/h3-4,15-16,22H,5-10,26-29H2,1-2H3,(H,32,38,39). The van der Waals surface area contributed by atoms with Crippen LogP contribution in [0.1, 0.15) is 11.1 Å². The van der Waals surface area contributed by atoms with Gasteiger partial charge in [0, 0.05) is 0 Å². The number of esters is 4. The normalized spacial score (nSPS) is 13.3. The summed E-state index contributed by atoms with van der Waals surface area (Å²) in [5.74, 6) is -4.09. The van der Waals surface area contributed by atoms with Crippen molar-refractivity contribution in [3.63, 3.8) is 0 Å². The van der Waals surface area contributed by atoms with Gasteiger partial charge in [0.1, 0.15) is 6.61 Å². The summed E-state index contributed by atoms with van der Waals surface area (Å²) in [7, 11) is 0. The highest BCUT2D eigenvalue weighted by Gasteiger charge is 2.40. The second-order valence-electron chi connectivity index (χ2n) is 9.20. The van der Waals surface area contributed by atoms with Gasteiger partial charge < -0.3 is 46.4 Å². The molecule has 232 valence electrons. The highest BCUT2D eigenvalue weighted by atomic mass is 16.6. The molecule has 0 fully saturated rings. The number of rotatable bonds is 13. The molecule has 0 aromatic heterocycles. The monoisotopic (exact) mass is 604 g/mol. The molecule has 3 rings (SSSR count). The number of nitrogens with zero attached hydrogens (tertiary/aromatic N) is 3. The van der Waals surface area contributed by atoms with Gasteiger partial charge in [0.15, 0.2) is 29.8 Å². The number of aryl methyl sites for hydroxylation is 2. The Morgan fingerprint density at radius 3 is 1.98 bits per heavy atom. The zero-order valence-electron chi connectivity index (χ0n) is 23.4. The van der Waals surface area contributed by atoms with E-state index in [1.165, 1.54) is 4.57 Å². The minimum absolute atomic E-state index is 0.202. The number of benzene rings is 1. The minimum atomic E-state index is -1.70. The largest absolute Gasteiger partial charge is 0.461 e. The molecule has 0 aliphatic carbocycles. The van der Waals surface area contributed by atoms with E-state index < -0.39 is 92.8 Å². The Morgan fingerprint density at radius 2 is 1.37 bits per heavy atom. The average molecular weight is 605 g/mol. The van der Waals surface area contributed by atoms with E-state index in [1.54, 1.807) is 19.1 Å². The second kappa shape index (κ2) is 14.4. The van der Waals surface area contributed by atoms with Crippen LogP contribution in [0.15, 0.2) is 21.7 Å². The quantitative estimate of drug-likeness (QED) is 0.0712. The number of aromatic amines is 1. The van der Waals surface area contributed by atoms with Crippen LogP contribution in [0, 0.1) is 13.8 Å². The van der Waals surface area contributed by atoms with Gasteiger partial charge in [-0.15, -0.1) is 0 Å². The third kappa shape index (κ3) is 7.95. The van der Waals surface area contributed by atoms with Gasteiger partial charge in [-0.2, -0.15) is 4.98 Å². The fraction of sp³-hybridized carbons (Fsp3) is 0.440. The van der Waals surface area contributed by atoms with Gasteiger partial charge in [0.2, 0.25) is 0 Å². The van der Waals surface area contributed by atoms with Crippen LogP contribution in [0.3, 0.4) is 0 Å². The molecule has 1 aromatic carbocycles. The number of carbonyl (C=O) groups is 4. The van der Waals surface area contributed by atoms with E-state index in [1.807, 2.05) is 6.92 Å². The third-order valence-corrected chi connectivity index (χ3v) is 6.23. The van der Waals surface area contributed by atoms with Crippen LogP contribution in [-0.4, -0.2) is 94.5 Å². The SMILES string of the molecule is Cc1cc2nc3c(=O)[nH]c(=O)nc-3n(CC(OC(=O)CN)C(OC(=O)CN)C(COC(=O)CN)OC(=O)CN)c2cc1C. The minimum Gasteiger partial charge on any atom is -0.461 e. The van der Waals surface area contributed by atoms with Crippen molar-refractivity contribution in [2.75, 3.05) is 32.8 Å². The number of nitrogens with two attached hydrogens (primary N) is 4. The van der Waals surface area contributed by atoms with Crippen LogP contribution < -0.4 is 34.2 Å². The zero-order valence-corrected chi connectivity index (χ0v) is 23.4. The Morgan fingerprint density at radius 1 is 0.814 bits per heavy atom. The summed E-state index contributed by atoms with van der Waals surface area (Å²) in [4.78, 5) is 84.4. The first-order valence-electron chi connectivity index (χ1n) is 12.9. The first-order chi connectivity index (χ1) is 20.4. The van der Waals surface area contributed by atoms with E-state index in [-0.39, 0.29) is 11.5 Å². The Bertz CT molecular complexity index is 1600.